The number of hydrogen-bond acceptors (Lipinski definition) is 4. The minimum Gasteiger partial charge on any atom is -0.357 e. The average Bonchev–Trinajstić information content (AvgIpc) is 3.09. The van der Waals surface area contributed by atoms with Gasteiger partial charge in [-0.05, 0) is 33.9 Å². The highest BCUT2D eigenvalue weighted by Gasteiger charge is 2.42. The van der Waals surface area contributed by atoms with Gasteiger partial charge in [-0.1, -0.05) is 12.8 Å². The zero-order valence-electron chi connectivity index (χ0n) is 17.3. The summed E-state index contributed by atoms with van der Waals surface area (Å²) in [6.45, 7) is 7.61. The smallest absolute Gasteiger partial charge is 0.230 e. The van der Waals surface area contributed by atoms with Crippen LogP contribution in [0.4, 0.5) is 0 Å². The van der Waals surface area contributed by atoms with Crippen LogP contribution in [0.3, 0.4) is 0 Å². The molecular weight excluding hydrogens is 328 g/mol. The summed E-state index contributed by atoms with van der Waals surface area (Å²) in [7, 11) is 8.07. The van der Waals surface area contributed by atoms with Gasteiger partial charge in [-0.3, -0.25) is 14.7 Å². The lowest BCUT2D eigenvalue weighted by Gasteiger charge is -2.38. The highest BCUT2D eigenvalue weighted by atomic mass is 16.2. The van der Waals surface area contributed by atoms with Gasteiger partial charge in [-0.25, -0.2) is 0 Å². The van der Waals surface area contributed by atoms with E-state index in [-0.39, 0.29) is 11.3 Å². The molecule has 150 valence electrons. The van der Waals surface area contributed by atoms with E-state index in [1.165, 1.54) is 0 Å². The molecule has 1 aliphatic heterocycles. The Labute approximate surface area is 159 Å². The van der Waals surface area contributed by atoms with Gasteiger partial charge in [0.1, 0.15) is 0 Å². The number of nitrogens with zero attached hydrogens (tertiary/aromatic N) is 4. The highest BCUT2D eigenvalue weighted by Crippen LogP contribution is 2.39. The van der Waals surface area contributed by atoms with E-state index in [0.717, 1.165) is 64.4 Å². The second-order valence-electron chi connectivity index (χ2n) is 8.16. The average molecular weight is 367 g/mol. The van der Waals surface area contributed by atoms with Crippen LogP contribution in [-0.4, -0.2) is 100 Å². The SMILES string of the molecule is CCNC(=NCC1(C(=O)N(C)C)CCCC1)NCC1CN(C)CCN1C. The largest absolute Gasteiger partial charge is 0.357 e. The van der Waals surface area contributed by atoms with Crippen molar-refractivity contribution in [2.45, 2.75) is 38.6 Å². The molecule has 0 aromatic heterocycles. The Morgan fingerprint density at radius 2 is 1.88 bits per heavy atom. The second kappa shape index (κ2) is 9.55. The van der Waals surface area contributed by atoms with E-state index < -0.39 is 0 Å². The Balaban J connectivity index is 1.99. The number of nitrogens with one attached hydrogen (secondary N) is 2. The number of likely N-dealkylation sites (N-methyl/N-ethyl adjacent to an activating group) is 2. The summed E-state index contributed by atoms with van der Waals surface area (Å²) in [5, 5.41) is 6.84. The molecule has 7 nitrogen and oxygen atoms in total. The van der Waals surface area contributed by atoms with Crippen LogP contribution in [0.25, 0.3) is 0 Å². The van der Waals surface area contributed by atoms with Crippen molar-refractivity contribution in [3.05, 3.63) is 0 Å². The van der Waals surface area contributed by atoms with Gasteiger partial charge in [0.15, 0.2) is 5.96 Å². The number of carbonyl (C=O) groups is 1. The number of rotatable bonds is 6. The van der Waals surface area contributed by atoms with Crippen molar-refractivity contribution >= 4 is 11.9 Å². The predicted molar refractivity (Wildman–Crippen MR) is 107 cm³/mol. The molecule has 2 fully saturated rings. The van der Waals surface area contributed by atoms with Crippen LogP contribution in [0.1, 0.15) is 32.6 Å². The first-order valence-electron chi connectivity index (χ1n) is 10.0. The summed E-state index contributed by atoms with van der Waals surface area (Å²) in [4.78, 5) is 24.1. The number of hydrogen-bond donors (Lipinski definition) is 2. The lowest BCUT2D eigenvalue weighted by molar-refractivity contribution is -0.138. The quantitative estimate of drug-likeness (QED) is 0.527. The molecule has 0 spiro atoms. The molecule has 2 N–H and O–H groups in total. The standard InChI is InChI=1S/C19H38N6O/c1-6-20-18(21-13-16-14-24(4)11-12-25(16)5)22-15-19(9-7-8-10-19)17(26)23(2)3/h16H,6-15H2,1-5H3,(H2,20,21,22). The monoisotopic (exact) mass is 366 g/mol. The molecule has 1 amide bonds. The zero-order valence-corrected chi connectivity index (χ0v) is 17.3. The van der Waals surface area contributed by atoms with Crippen LogP contribution in [0.2, 0.25) is 0 Å². The Kier molecular flexibility index (Phi) is 7.70. The van der Waals surface area contributed by atoms with Crippen molar-refractivity contribution in [3.8, 4) is 0 Å². The third kappa shape index (κ3) is 5.33. The molecule has 1 heterocycles. The third-order valence-electron chi connectivity index (χ3n) is 5.79. The van der Waals surface area contributed by atoms with Gasteiger partial charge < -0.3 is 20.4 Å². The minimum atomic E-state index is -0.312. The maximum atomic E-state index is 12.7. The molecule has 0 aromatic rings. The number of guanidine groups is 1. The molecule has 7 heteroatoms. The molecule has 1 unspecified atom stereocenters. The molecule has 1 saturated heterocycles. The molecule has 1 aliphatic carbocycles. The topological polar surface area (TPSA) is 63.2 Å². The fraction of sp³-hybridized carbons (Fsp3) is 0.895. The molecule has 26 heavy (non-hydrogen) atoms. The first-order valence-corrected chi connectivity index (χ1v) is 10.0. The van der Waals surface area contributed by atoms with E-state index in [2.05, 4.69) is 41.5 Å². The molecule has 2 aliphatic rings. The van der Waals surface area contributed by atoms with E-state index in [9.17, 15) is 4.79 Å². The molecule has 2 rings (SSSR count). The molecule has 0 radical (unpaired) electrons. The fourth-order valence-corrected chi connectivity index (χ4v) is 4.07. The second-order valence-corrected chi connectivity index (χ2v) is 8.16. The highest BCUT2D eigenvalue weighted by molar-refractivity contribution is 5.84. The molecule has 0 bridgehead atoms. The van der Waals surface area contributed by atoms with Crippen molar-refractivity contribution in [2.24, 2.45) is 10.4 Å². The van der Waals surface area contributed by atoms with Crippen LogP contribution in [-0.2, 0) is 4.79 Å². The summed E-state index contributed by atoms with van der Waals surface area (Å²) >= 11 is 0. The lowest BCUT2D eigenvalue weighted by Crippen LogP contribution is -2.55. The van der Waals surface area contributed by atoms with Gasteiger partial charge in [-0.2, -0.15) is 0 Å². The van der Waals surface area contributed by atoms with Crippen LogP contribution in [0.15, 0.2) is 4.99 Å². The van der Waals surface area contributed by atoms with Crippen molar-refractivity contribution in [1.29, 1.82) is 0 Å². The maximum absolute atomic E-state index is 12.7. The van der Waals surface area contributed by atoms with Crippen LogP contribution >= 0.6 is 0 Å². The normalized spacial score (nSPS) is 24.5. The first-order chi connectivity index (χ1) is 12.4. The van der Waals surface area contributed by atoms with E-state index >= 15 is 0 Å². The summed E-state index contributed by atoms with van der Waals surface area (Å²) in [6.07, 6.45) is 4.14. The Morgan fingerprint density at radius 1 is 1.19 bits per heavy atom. The van der Waals surface area contributed by atoms with Crippen molar-refractivity contribution < 1.29 is 4.79 Å². The predicted octanol–water partition coefficient (Wildman–Crippen LogP) is 0.436. The molecule has 0 aromatic carbocycles. The van der Waals surface area contributed by atoms with E-state index in [0.29, 0.717) is 12.6 Å². The molecular formula is C19H38N6O. The van der Waals surface area contributed by atoms with Crippen LogP contribution in [0, 0.1) is 5.41 Å². The van der Waals surface area contributed by atoms with Gasteiger partial charge in [0.25, 0.3) is 0 Å². The minimum absolute atomic E-state index is 0.225. The first kappa shape index (κ1) is 21.0. The van der Waals surface area contributed by atoms with Gasteiger partial charge >= 0.3 is 0 Å². The number of amides is 1. The number of aliphatic imine (C=N–C) groups is 1. The maximum Gasteiger partial charge on any atom is 0.230 e. The van der Waals surface area contributed by atoms with Gasteiger partial charge in [-0.15, -0.1) is 0 Å². The molecule has 1 atom stereocenters. The van der Waals surface area contributed by atoms with Gasteiger partial charge in [0.05, 0.1) is 12.0 Å². The van der Waals surface area contributed by atoms with E-state index in [1.807, 2.05) is 14.1 Å². The van der Waals surface area contributed by atoms with E-state index in [1.54, 1.807) is 4.90 Å². The Morgan fingerprint density at radius 3 is 2.50 bits per heavy atom. The van der Waals surface area contributed by atoms with Gasteiger partial charge in [0.2, 0.25) is 5.91 Å². The number of carbonyl (C=O) groups excluding carboxylic acids is 1. The molecule has 1 saturated carbocycles. The third-order valence-corrected chi connectivity index (χ3v) is 5.79. The summed E-state index contributed by atoms with van der Waals surface area (Å²) in [5.41, 5.74) is -0.312. The Hall–Kier alpha value is -1.34. The number of piperazine rings is 1. The summed E-state index contributed by atoms with van der Waals surface area (Å²) in [6, 6.07) is 0.474. The zero-order chi connectivity index (χ0) is 19.2. The lowest BCUT2D eigenvalue weighted by atomic mass is 9.85. The van der Waals surface area contributed by atoms with Crippen LogP contribution in [0.5, 0.6) is 0 Å². The van der Waals surface area contributed by atoms with E-state index in [4.69, 9.17) is 4.99 Å². The van der Waals surface area contributed by atoms with Crippen molar-refractivity contribution in [2.75, 3.05) is 67.5 Å². The Bertz CT molecular complexity index is 486. The van der Waals surface area contributed by atoms with Crippen molar-refractivity contribution in [1.82, 2.24) is 25.3 Å². The summed E-state index contributed by atoms with van der Waals surface area (Å²) in [5.74, 6) is 1.05. The van der Waals surface area contributed by atoms with Crippen molar-refractivity contribution in [3.63, 3.8) is 0 Å². The summed E-state index contributed by atoms with van der Waals surface area (Å²) < 4.78 is 0. The fourth-order valence-electron chi connectivity index (χ4n) is 4.07. The van der Waals surface area contributed by atoms with Crippen LogP contribution < -0.4 is 10.6 Å². The van der Waals surface area contributed by atoms with Gasteiger partial charge in [0, 0.05) is 52.9 Å².